The fourth-order valence-corrected chi connectivity index (χ4v) is 4.96. The number of hydrogen-bond acceptors (Lipinski definition) is 8. The lowest BCUT2D eigenvalue weighted by Gasteiger charge is -2.25. The summed E-state index contributed by atoms with van der Waals surface area (Å²) >= 11 is 6.50. The van der Waals surface area contributed by atoms with Crippen LogP contribution in [0.15, 0.2) is 89.2 Å². The quantitative estimate of drug-likeness (QED) is 0.264. The van der Waals surface area contributed by atoms with Crippen LogP contribution in [-0.2, 0) is 6.61 Å². The first-order valence-electron chi connectivity index (χ1n) is 12.9. The van der Waals surface area contributed by atoms with Gasteiger partial charge in [0.15, 0.2) is 0 Å². The van der Waals surface area contributed by atoms with Crippen molar-refractivity contribution in [3.05, 3.63) is 95.3 Å². The van der Waals surface area contributed by atoms with E-state index in [1.54, 1.807) is 24.3 Å². The standard InChI is InChI=1S/C29H27ClFN7O/c30-26-14-22(7-10-28(26)39-18-20-5-4-6-21(31)13-20)34-29-25-15-24(8-9-27(25)32-19-33-29)38-17-23(35-36-38)16-37-11-2-1-3-12-37/h4-10,13-16,19H,1-3,11-12,17-18H2,(H,32,33,34)/b23-16+. The zero-order valence-electron chi connectivity index (χ0n) is 21.2. The molecule has 2 aliphatic heterocycles. The van der Waals surface area contributed by atoms with Crippen LogP contribution in [-0.4, -0.2) is 34.5 Å². The van der Waals surface area contributed by atoms with Gasteiger partial charge in [0, 0.05) is 30.4 Å². The summed E-state index contributed by atoms with van der Waals surface area (Å²) in [5.41, 5.74) is 4.14. The summed E-state index contributed by atoms with van der Waals surface area (Å²) < 4.78 is 19.2. The molecule has 0 radical (unpaired) electrons. The van der Waals surface area contributed by atoms with E-state index in [2.05, 4.69) is 36.7 Å². The molecular formula is C29H27ClFN7O. The molecule has 1 N–H and O–H groups in total. The predicted molar refractivity (Wildman–Crippen MR) is 151 cm³/mol. The monoisotopic (exact) mass is 543 g/mol. The summed E-state index contributed by atoms with van der Waals surface area (Å²) in [5, 5.41) is 15.3. The van der Waals surface area contributed by atoms with Crippen molar-refractivity contribution in [3.8, 4) is 5.75 Å². The van der Waals surface area contributed by atoms with E-state index in [0.717, 1.165) is 46.6 Å². The maximum atomic E-state index is 13.4. The molecule has 1 saturated heterocycles. The minimum absolute atomic E-state index is 0.215. The summed E-state index contributed by atoms with van der Waals surface area (Å²) in [5.74, 6) is 0.852. The van der Waals surface area contributed by atoms with Gasteiger partial charge in [-0.1, -0.05) is 29.0 Å². The maximum Gasteiger partial charge on any atom is 0.141 e. The van der Waals surface area contributed by atoms with Crippen LogP contribution >= 0.6 is 11.6 Å². The van der Waals surface area contributed by atoms with Crippen molar-refractivity contribution in [1.29, 1.82) is 0 Å². The minimum Gasteiger partial charge on any atom is -0.487 e. The lowest BCUT2D eigenvalue weighted by atomic mass is 10.1. The highest BCUT2D eigenvalue weighted by atomic mass is 35.5. The Morgan fingerprint density at radius 2 is 1.90 bits per heavy atom. The number of nitrogens with one attached hydrogen (secondary N) is 1. The van der Waals surface area contributed by atoms with Crippen molar-refractivity contribution in [2.45, 2.75) is 25.9 Å². The molecule has 39 heavy (non-hydrogen) atoms. The number of rotatable bonds is 7. The number of ether oxygens (including phenoxy) is 1. The molecule has 0 aliphatic carbocycles. The van der Waals surface area contributed by atoms with Crippen molar-refractivity contribution in [2.24, 2.45) is 10.3 Å². The highest BCUT2D eigenvalue weighted by molar-refractivity contribution is 6.32. The number of fused-ring (bicyclic) bond motifs is 1. The van der Waals surface area contributed by atoms with Gasteiger partial charge in [0.25, 0.3) is 0 Å². The van der Waals surface area contributed by atoms with E-state index < -0.39 is 0 Å². The molecule has 0 amide bonds. The molecule has 0 unspecified atom stereocenters. The molecule has 0 atom stereocenters. The Kier molecular flexibility index (Phi) is 7.23. The van der Waals surface area contributed by atoms with E-state index in [-0.39, 0.29) is 12.4 Å². The van der Waals surface area contributed by atoms with Gasteiger partial charge in [-0.2, -0.15) is 0 Å². The lowest BCUT2D eigenvalue weighted by molar-refractivity contribution is 0.306. The van der Waals surface area contributed by atoms with Crippen LogP contribution in [0.1, 0.15) is 24.8 Å². The Hall–Kier alpha value is -4.24. The fourth-order valence-electron chi connectivity index (χ4n) is 4.72. The first-order valence-corrected chi connectivity index (χ1v) is 13.3. The number of halogens is 2. The Labute approximate surface area is 230 Å². The van der Waals surface area contributed by atoms with E-state index in [0.29, 0.717) is 23.1 Å². The highest BCUT2D eigenvalue weighted by Gasteiger charge is 2.18. The lowest BCUT2D eigenvalue weighted by Crippen LogP contribution is -2.25. The first-order chi connectivity index (χ1) is 19.1. The molecule has 10 heteroatoms. The molecule has 198 valence electrons. The highest BCUT2D eigenvalue weighted by Crippen LogP contribution is 2.33. The molecule has 1 fully saturated rings. The molecule has 6 rings (SSSR count). The Balaban J connectivity index is 1.17. The van der Waals surface area contributed by atoms with Gasteiger partial charge < -0.3 is 15.0 Å². The molecule has 0 bridgehead atoms. The van der Waals surface area contributed by atoms with Crippen LogP contribution in [0.4, 0.5) is 21.6 Å². The minimum atomic E-state index is -0.302. The van der Waals surface area contributed by atoms with Gasteiger partial charge in [0.05, 0.1) is 22.8 Å². The second kappa shape index (κ2) is 11.2. The van der Waals surface area contributed by atoms with Crippen molar-refractivity contribution in [2.75, 3.05) is 30.0 Å². The number of nitrogens with zero attached hydrogens (tertiary/aromatic N) is 6. The van der Waals surface area contributed by atoms with E-state index in [1.807, 2.05) is 29.3 Å². The summed E-state index contributed by atoms with van der Waals surface area (Å²) in [6.45, 7) is 2.98. The molecule has 3 aromatic carbocycles. The van der Waals surface area contributed by atoms with Gasteiger partial charge in [-0.3, -0.25) is 0 Å². The number of piperidine rings is 1. The predicted octanol–water partition coefficient (Wildman–Crippen LogP) is 7.26. The smallest absolute Gasteiger partial charge is 0.141 e. The summed E-state index contributed by atoms with van der Waals surface area (Å²) in [6, 6.07) is 17.7. The summed E-state index contributed by atoms with van der Waals surface area (Å²) in [6.07, 6.45) is 7.40. The third-order valence-electron chi connectivity index (χ3n) is 6.71. The van der Waals surface area contributed by atoms with Gasteiger partial charge in [-0.05, 0) is 73.4 Å². The van der Waals surface area contributed by atoms with Crippen molar-refractivity contribution < 1.29 is 9.13 Å². The third kappa shape index (κ3) is 5.93. The molecule has 3 heterocycles. The van der Waals surface area contributed by atoms with Crippen LogP contribution in [0.25, 0.3) is 10.9 Å². The Morgan fingerprint density at radius 1 is 1.00 bits per heavy atom. The molecule has 4 aromatic rings. The zero-order chi connectivity index (χ0) is 26.6. The van der Waals surface area contributed by atoms with Crippen LogP contribution in [0.3, 0.4) is 0 Å². The Bertz CT molecular complexity index is 1550. The number of aromatic nitrogens is 2. The molecule has 1 aromatic heterocycles. The molecule has 8 nitrogen and oxygen atoms in total. The van der Waals surface area contributed by atoms with Crippen LogP contribution in [0, 0.1) is 5.82 Å². The van der Waals surface area contributed by atoms with Crippen molar-refractivity contribution >= 4 is 39.7 Å². The molecular weight excluding hydrogens is 517 g/mol. The topological polar surface area (TPSA) is 78.2 Å². The summed E-state index contributed by atoms with van der Waals surface area (Å²) in [7, 11) is 0. The van der Waals surface area contributed by atoms with E-state index >= 15 is 0 Å². The largest absolute Gasteiger partial charge is 0.487 e. The molecule has 2 aliphatic rings. The number of anilines is 3. The van der Waals surface area contributed by atoms with E-state index in [4.69, 9.17) is 16.3 Å². The second-order valence-electron chi connectivity index (χ2n) is 9.58. The average molecular weight is 544 g/mol. The summed E-state index contributed by atoms with van der Waals surface area (Å²) in [4.78, 5) is 11.2. The average Bonchev–Trinajstić information content (AvgIpc) is 3.42. The third-order valence-corrected chi connectivity index (χ3v) is 7.01. The van der Waals surface area contributed by atoms with Crippen LogP contribution in [0.5, 0.6) is 5.75 Å². The number of benzene rings is 3. The maximum absolute atomic E-state index is 13.4. The van der Waals surface area contributed by atoms with Gasteiger partial charge >= 0.3 is 0 Å². The van der Waals surface area contributed by atoms with Crippen LogP contribution in [0.2, 0.25) is 5.02 Å². The van der Waals surface area contributed by atoms with Gasteiger partial charge in [-0.15, -0.1) is 5.11 Å². The van der Waals surface area contributed by atoms with Crippen molar-refractivity contribution in [1.82, 2.24) is 14.9 Å². The first kappa shape index (κ1) is 25.1. The molecule has 0 saturated carbocycles. The van der Waals surface area contributed by atoms with Crippen molar-refractivity contribution in [3.63, 3.8) is 0 Å². The van der Waals surface area contributed by atoms with Gasteiger partial charge in [0.1, 0.15) is 36.0 Å². The second-order valence-corrected chi connectivity index (χ2v) is 9.98. The Morgan fingerprint density at radius 3 is 2.74 bits per heavy atom. The van der Waals surface area contributed by atoms with E-state index in [1.165, 1.54) is 37.7 Å². The fraction of sp³-hybridized carbons (Fsp3) is 0.241. The SMILES string of the molecule is Fc1cccc(COc2ccc(Nc3ncnc4ccc(N5C/C(=C\N6CCCCC6)N=N5)cc34)cc2Cl)c1. The van der Waals surface area contributed by atoms with Gasteiger partial charge in [0.2, 0.25) is 0 Å². The van der Waals surface area contributed by atoms with E-state index in [9.17, 15) is 4.39 Å². The van der Waals surface area contributed by atoms with Gasteiger partial charge in [-0.25, -0.2) is 19.4 Å². The zero-order valence-corrected chi connectivity index (χ0v) is 22.0. The number of hydrogen-bond donors (Lipinski definition) is 1. The van der Waals surface area contributed by atoms with Crippen LogP contribution < -0.4 is 15.1 Å². The number of likely N-dealkylation sites (tertiary alicyclic amines) is 1. The normalized spacial score (nSPS) is 16.3. The molecule has 0 spiro atoms.